The van der Waals surface area contributed by atoms with E-state index in [0.717, 1.165) is 23.5 Å². The van der Waals surface area contributed by atoms with Crippen molar-refractivity contribution in [2.75, 3.05) is 5.32 Å². The van der Waals surface area contributed by atoms with Crippen LogP contribution in [0.4, 0.5) is 24.5 Å². The van der Waals surface area contributed by atoms with Crippen LogP contribution < -0.4 is 5.32 Å². The summed E-state index contributed by atoms with van der Waals surface area (Å²) in [5.41, 5.74) is -1.63. The molecule has 1 amide bonds. The van der Waals surface area contributed by atoms with Gasteiger partial charge in [-0.2, -0.15) is 18.4 Å². The van der Waals surface area contributed by atoms with Crippen LogP contribution in [0.25, 0.3) is 16.5 Å². The van der Waals surface area contributed by atoms with Crippen LogP contribution in [0.1, 0.15) is 10.4 Å². The molecule has 156 valence electrons. The van der Waals surface area contributed by atoms with E-state index in [0.29, 0.717) is 15.3 Å². The molecule has 31 heavy (non-hydrogen) atoms. The minimum absolute atomic E-state index is 0.0955. The van der Waals surface area contributed by atoms with Crippen molar-refractivity contribution in [1.82, 2.24) is 0 Å². The quantitative estimate of drug-likeness (QED) is 0.230. The Bertz CT molecular complexity index is 1230. The summed E-state index contributed by atoms with van der Waals surface area (Å²) in [7, 11) is 0. The van der Waals surface area contributed by atoms with E-state index in [1.54, 1.807) is 30.3 Å². The molecular weight excluding hydrogens is 431 g/mol. The van der Waals surface area contributed by atoms with Gasteiger partial charge in [0.1, 0.15) is 11.6 Å². The van der Waals surface area contributed by atoms with E-state index in [4.69, 9.17) is 0 Å². The lowest BCUT2D eigenvalue weighted by Gasteiger charge is -2.13. The number of hydrogen-bond acceptors (Lipinski definition) is 5. The van der Waals surface area contributed by atoms with E-state index in [1.165, 1.54) is 30.3 Å². The number of para-hydroxylation sites is 2. The first-order valence-electron chi connectivity index (χ1n) is 8.63. The number of halogens is 3. The topological polar surface area (TPSA) is 96.0 Å². The molecule has 0 radical (unpaired) electrons. The Morgan fingerprint density at radius 2 is 1.77 bits per heavy atom. The van der Waals surface area contributed by atoms with Gasteiger partial charge in [-0.15, -0.1) is 11.3 Å². The molecule has 0 spiro atoms. The van der Waals surface area contributed by atoms with Crippen molar-refractivity contribution in [3.8, 4) is 16.5 Å². The zero-order valence-corrected chi connectivity index (χ0v) is 16.3. The molecule has 0 aliphatic carbocycles. The largest absolute Gasteiger partial charge is 0.418 e. The minimum Gasteiger partial charge on any atom is -0.321 e. The Morgan fingerprint density at radius 1 is 1.10 bits per heavy atom. The number of thiophene rings is 1. The lowest BCUT2D eigenvalue weighted by atomic mass is 10.1. The maximum Gasteiger partial charge on any atom is 0.418 e. The third kappa shape index (κ3) is 4.96. The minimum atomic E-state index is -4.67. The summed E-state index contributed by atoms with van der Waals surface area (Å²) in [5, 5.41) is 22.6. The number of alkyl halides is 3. The van der Waals surface area contributed by atoms with Gasteiger partial charge in [-0.25, -0.2) is 0 Å². The summed E-state index contributed by atoms with van der Waals surface area (Å²) in [6.07, 6.45) is -3.46. The third-order valence-corrected chi connectivity index (χ3v) is 5.19. The molecule has 2 aromatic carbocycles. The summed E-state index contributed by atoms with van der Waals surface area (Å²) >= 11 is 1.10. The smallest absolute Gasteiger partial charge is 0.321 e. The Hall–Kier alpha value is -3.97. The molecule has 1 aromatic heterocycles. The normalized spacial score (nSPS) is 11.6. The fourth-order valence-corrected chi connectivity index (χ4v) is 3.72. The molecule has 0 saturated carbocycles. The predicted molar refractivity (Wildman–Crippen MR) is 110 cm³/mol. The molecule has 6 nitrogen and oxygen atoms in total. The molecule has 0 fully saturated rings. The van der Waals surface area contributed by atoms with Gasteiger partial charge >= 0.3 is 6.18 Å². The highest BCUT2D eigenvalue weighted by Crippen LogP contribution is 2.36. The molecule has 0 bridgehead atoms. The van der Waals surface area contributed by atoms with Crippen LogP contribution in [0.2, 0.25) is 0 Å². The first-order chi connectivity index (χ1) is 14.7. The van der Waals surface area contributed by atoms with Crippen LogP contribution in [0, 0.1) is 21.4 Å². The highest BCUT2D eigenvalue weighted by atomic mass is 32.1. The standard InChI is InChI=1S/C21H12F3N3O3S/c22-21(23,24)16-6-2-3-7-17(16)26-20(28)13(12-25)11-14-9-10-19(31-14)15-5-1-4-8-18(15)27(29)30/h1-11H,(H,26,28)/b13-11+. The number of anilines is 1. The number of carbonyl (C=O) groups is 1. The SMILES string of the molecule is N#C/C(=C\c1ccc(-c2ccccc2[N+](=O)[O-])s1)C(=O)Nc1ccccc1C(F)(F)F. The van der Waals surface area contributed by atoms with E-state index in [2.05, 4.69) is 5.32 Å². The van der Waals surface area contributed by atoms with Crippen LogP contribution in [0.3, 0.4) is 0 Å². The van der Waals surface area contributed by atoms with Gasteiger partial charge in [-0.3, -0.25) is 14.9 Å². The molecule has 0 unspecified atom stereocenters. The van der Waals surface area contributed by atoms with E-state index in [9.17, 15) is 33.3 Å². The number of nitrogens with one attached hydrogen (secondary N) is 1. The number of rotatable bonds is 5. The van der Waals surface area contributed by atoms with E-state index < -0.39 is 33.8 Å². The fourth-order valence-electron chi connectivity index (χ4n) is 2.74. The average molecular weight is 443 g/mol. The van der Waals surface area contributed by atoms with Crippen LogP contribution in [0.5, 0.6) is 0 Å². The maximum absolute atomic E-state index is 13.1. The van der Waals surface area contributed by atoms with Crippen LogP contribution in [0.15, 0.2) is 66.2 Å². The first-order valence-corrected chi connectivity index (χ1v) is 9.45. The molecule has 0 aliphatic rings. The Balaban J connectivity index is 1.88. The molecule has 1 heterocycles. The molecule has 10 heteroatoms. The Labute approximate surface area is 178 Å². The van der Waals surface area contributed by atoms with Crippen molar-refractivity contribution >= 4 is 34.7 Å². The van der Waals surface area contributed by atoms with Crippen molar-refractivity contribution in [3.05, 3.63) is 86.8 Å². The lowest BCUT2D eigenvalue weighted by molar-refractivity contribution is -0.384. The monoisotopic (exact) mass is 443 g/mol. The van der Waals surface area contributed by atoms with Crippen molar-refractivity contribution in [2.45, 2.75) is 6.18 Å². The highest BCUT2D eigenvalue weighted by molar-refractivity contribution is 7.16. The number of carbonyl (C=O) groups excluding carboxylic acids is 1. The highest BCUT2D eigenvalue weighted by Gasteiger charge is 2.33. The molecule has 0 aliphatic heterocycles. The van der Waals surface area contributed by atoms with E-state index in [1.807, 2.05) is 0 Å². The summed E-state index contributed by atoms with van der Waals surface area (Å²) in [6, 6.07) is 15.4. The van der Waals surface area contributed by atoms with Crippen molar-refractivity contribution in [1.29, 1.82) is 5.26 Å². The fraction of sp³-hybridized carbons (Fsp3) is 0.0476. The molecule has 0 atom stereocenters. The second-order valence-electron chi connectivity index (χ2n) is 6.14. The first kappa shape index (κ1) is 21.7. The molecule has 3 rings (SSSR count). The van der Waals surface area contributed by atoms with Gasteiger partial charge in [-0.05, 0) is 36.4 Å². The number of hydrogen-bond donors (Lipinski definition) is 1. The van der Waals surface area contributed by atoms with Gasteiger partial charge in [0.25, 0.3) is 11.6 Å². The summed E-state index contributed by atoms with van der Waals surface area (Å²) in [4.78, 5) is 24.1. The van der Waals surface area contributed by atoms with Gasteiger partial charge in [0.05, 0.1) is 21.7 Å². The van der Waals surface area contributed by atoms with Crippen LogP contribution in [-0.4, -0.2) is 10.8 Å². The number of nitrogens with zero attached hydrogens (tertiary/aromatic N) is 2. The number of nitro benzene ring substituents is 1. The van der Waals surface area contributed by atoms with E-state index in [-0.39, 0.29) is 5.69 Å². The molecule has 1 N–H and O–H groups in total. The Kier molecular flexibility index (Phi) is 6.17. The van der Waals surface area contributed by atoms with Gasteiger partial charge in [0, 0.05) is 15.8 Å². The molecule has 3 aromatic rings. The number of nitriles is 1. The number of amides is 1. The van der Waals surface area contributed by atoms with Gasteiger partial charge in [0.15, 0.2) is 0 Å². The van der Waals surface area contributed by atoms with Gasteiger partial charge < -0.3 is 5.32 Å². The molecular formula is C21H12F3N3O3S. The number of nitro groups is 1. The van der Waals surface area contributed by atoms with Crippen molar-refractivity contribution in [3.63, 3.8) is 0 Å². The summed E-state index contributed by atoms with van der Waals surface area (Å²) < 4.78 is 39.3. The van der Waals surface area contributed by atoms with Gasteiger partial charge in [-0.1, -0.05) is 24.3 Å². The maximum atomic E-state index is 13.1. The lowest BCUT2D eigenvalue weighted by Crippen LogP contribution is -2.17. The predicted octanol–water partition coefficient (Wildman–Crippen LogP) is 5.89. The van der Waals surface area contributed by atoms with Crippen LogP contribution in [-0.2, 0) is 11.0 Å². The second-order valence-corrected chi connectivity index (χ2v) is 7.26. The zero-order chi connectivity index (χ0) is 22.6. The molecule has 0 saturated heterocycles. The van der Waals surface area contributed by atoms with E-state index >= 15 is 0 Å². The summed E-state index contributed by atoms with van der Waals surface area (Å²) in [5.74, 6) is -1.00. The Morgan fingerprint density at radius 3 is 2.45 bits per heavy atom. The van der Waals surface area contributed by atoms with Crippen LogP contribution >= 0.6 is 11.3 Å². The van der Waals surface area contributed by atoms with Crippen molar-refractivity contribution in [2.24, 2.45) is 0 Å². The van der Waals surface area contributed by atoms with Crippen molar-refractivity contribution < 1.29 is 22.9 Å². The number of benzene rings is 2. The second kappa shape index (κ2) is 8.81. The van der Waals surface area contributed by atoms with Gasteiger partial charge in [0.2, 0.25) is 0 Å². The summed E-state index contributed by atoms with van der Waals surface area (Å²) in [6.45, 7) is 0. The third-order valence-electron chi connectivity index (χ3n) is 4.13. The average Bonchev–Trinajstić information content (AvgIpc) is 3.20. The zero-order valence-electron chi connectivity index (χ0n) is 15.5.